The van der Waals surface area contributed by atoms with Gasteiger partial charge in [0.15, 0.2) is 0 Å². The van der Waals surface area contributed by atoms with Crippen LogP contribution in [0.5, 0.6) is 0 Å². The summed E-state index contributed by atoms with van der Waals surface area (Å²) in [6, 6.07) is 7.76. The number of benzene rings is 1. The minimum absolute atomic E-state index is 0.143. The molecule has 0 unspecified atom stereocenters. The molecule has 2 N–H and O–H groups in total. The van der Waals surface area contributed by atoms with Crippen LogP contribution < -0.4 is 10.6 Å². The van der Waals surface area contributed by atoms with Gasteiger partial charge in [0.05, 0.1) is 5.69 Å². The van der Waals surface area contributed by atoms with Gasteiger partial charge in [-0.2, -0.15) is 5.26 Å². The van der Waals surface area contributed by atoms with Crippen LogP contribution in [0.3, 0.4) is 0 Å². The molecular weight excluding hydrogens is 311 g/mol. The summed E-state index contributed by atoms with van der Waals surface area (Å²) in [7, 11) is 0. The van der Waals surface area contributed by atoms with Crippen molar-refractivity contribution < 1.29 is 14.0 Å². The zero-order chi connectivity index (χ0) is 17.4. The maximum absolute atomic E-state index is 13.5. The Kier molecular flexibility index (Phi) is 6.32. The highest BCUT2D eigenvalue weighted by molar-refractivity contribution is 5.97. The number of nitrogens with one attached hydrogen (secondary N) is 2. The van der Waals surface area contributed by atoms with E-state index in [0.29, 0.717) is 25.9 Å². The second kappa shape index (κ2) is 8.67. The Bertz CT molecular complexity index is 681. The molecule has 1 aromatic rings. The number of halogens is 1. The largest absolute Gasteiger partial charge is 0.358 e. The number of hydrogen-bond donors (Lipinski definition) is 2. The molecule has 0 spiro atoms. The maximum Gasteiger partial charge on any atom is 0.263 e. The van der Waals surface area contributed by atoms with Gasteiger partial charge in [0, 0.05) is 32.3 Å². The van der Waals surface area contributed by atoms with E-state index in [2.05, 4.69) is 10.6 Å². The number of para-hydroxylation sites is 1. The fourth-order valence-electron chi connectivity index (χ4n) is 2.38. The van der Waals surface area contributed by atoms with Crippen molar-refractivity contribution in [3.8, 4) is 6.07 Å². The van der Waals surface area contributed by atoms with Crippen molar-refractivity contribution in [3.05, 3.63) is 41.9 Å². The quantitative estimate of drug-likeness (QED) is 0.453. The van der Waals surface area contributed by atoms with Crippen LogP contribution in [0.1, 0.15) is 19.3 Å². The van der Waals surface area contributed by atoms with E-state index in [1.807, 2.05) is 0 Å². The summed E-state index contributed by atoms with van der Waals surface area (Å²) in [6.07, 6.45) is 3.28. The number of amides is 2. The molecule has 0 saturated carbocycles. The number of carbonyl (C=O) groups is 2. The van der Waals surface area contributed by atoms with E-state index in [1.165, 1.54) is 18.3 Å². The number of rotatable bonds is 7. The molecule has 6 nitrogen and oxygen atoms in total. The molecule has 0 aromatic heterocycles. The minimum atomic E-state index is -0.533. The number of nitrogens with zero attached hydrogens (tertiary/aromatic N) is 2. The van der Waals surface area contributed by atoms with Gasteiger partial charge in [-0.25, -0.2) is 4.39 Å². The minimum Gasteiger partial charge on any atom is -0.358 e. The lowest BCUT2D eigenvalue weighted by molar-refractivity contribution is -0.127. The fraction of sp³-hybridized carbons (Fsp3) is 0.353. The van der Waals surface area contributed by atoms with Gasteiger partial charge in [-0.3, -0.25) is 9.59 Å². The molecule has 7 heteroatoms. The lowest BCUT2D eigenvalue weighted by Crippen LogP contribution is -2.31. The van der Waals surface area contributed by atoms with Crippen molar-refractivity contribution in [3.63, 3.8) is 0 Å². The monoisotopic (exact) mass is 330 g/mol. The molecule has 2 rings (SSSR count). The molecule has 0 radical (unpaired) electrons. The van der Waals surface area contributed by atoms with Gasteiger partial charge >= 0.3 is 0 Å². The summed E-state index contributed by atoms with van der Waals surface area (Å²) < 4.78 is 13.5. The predicted octanol–water partition coefficient (Wildman–Crippen LogP) is 1.77. The van der Waals surface area contributed by atoms with E-state index >= 15 is 0 Å². The van der Waals surface area contributed by atoms with E-state index in [9.17, 15) is 14.0 Å². The molecule has 1 fully saturated rings. The number of nitriles is 1. The molecule has 126 valence electrons. The smallest absolute Gasteiger partial charge is 0.263 e. The Morgan fingerprint density at radius 1 is 1.42 bits per heavy atom. The molecule has 0 atom stereocenters. The molecule has 1 aliphatic heterocycles. The molecular formula is C17H19FN4O2. The van der Waals surface area contributed by atoms with Gasteiger partial charge in [0.2, 0.25) is 5.91 Å². The predicted molar refractivity (Wildman–Crippen MR) is 87.2 cm³/mol. The Morgan fingerprint density at radius 3 is 2.88 bits per heavy atom. The van der Waals surface area contributed by atoms with E-state index in [1.54, 1.807) is 23.1 Å². The third-order valence-corrected chi connectivity index (χ3v) is 3.67. The van der Waals surface area contributed by atoms with Crippen LogP contribution in [0.25, 0.3) is 0 Å². The summed E-state index contributed by atoms with van der Waals surface area (Å²) in [5, 5.41) is 14.3. The second-order valence-electron chi connectivity index (χ2n) is 5.39. The Hall–Kier alpha value is -2.88. The van der Waals surface area contributed by atoms with Crippen LogP contribution in [0.4, 0.5) is 10.1 Å². The summed E-state index contributed by atoms with van der Waals surface area (Å²) in [5.74, 6) is -0.858. The Balaban J connectivity index is 1.78. The first-order chi connectivity index (χ1) is 11.6. The Morgan fingerprint density at radius 2 is 2.21 bits per heavy atom. The molecule has 24 heavy (non-hydrogen) atoms. The third-order valence-electron chi connectivity index (χ3n) is 3.67. The van der Waals surface area contributed by atoms with Gasteiger partial charge in [-0.05, 0) is 25.0 Å². The number of likely N-dealkylation sites (tertiary alicyclic amines) is 1. The van der Waals surface area contributed by atoms with Crippen LogP contribution >= 0.6 is 0 Å². The standard InChI is InChI=1S/C17H19FN4O2/c18-14-5-1-2-6-15(14)21-12-13(11-19)17(24)20-8-4-10-22-9-3-7-16(22)23/h1-2,5-6,12,21H,3-4,7-10H2,(H,20,24)/b13-12-. The molecule has 0 bridgehead atoms. The topological polar surface area (TPSA) is 85.2 Å². The van der Waals surface area contributed by atoms with Crippen molar-refractivity contribution in [1.29, 1.82) is 5.26 Å². The normalized spacial score (nSPS) is 14.4. The third kappa shape index (κ3) is 4.81. The van der Waals surface area contributed by atoms with E-state index in [4.69, 9.17) is 5.26 Å². The highest BCUT2D eigenvalue weighted by Gasteiger charge is 2.19. The molecule has 2 amide bonds. The van der Waals surface area contributed by atoms with Crippen molar-refractivity contribution in [2.75, 3.05) is 25.0 Å². The highest BCUT2D eigenvalue weighted by atomic mass is 19.1. The first-order valence-electron chi connectivity index (χ1n) is 7.79. The molecule has 1 saturated heterocycles. The average Bonchev–Trinajstić information content (AvgIpc) is 2.99. The average molecular weight is 330 g/mol. The van der Waals surface area contributed by atoms with Gasteiger partial charge < -0.3 is 15.5 Å². The van der Waals surface area contributed by atoms with Crippen molar-refractivity contribution in [2.45, 2.75) is 19.3 Å². The van der Waals surface area contributed by atoms with Gasteiger partial charge in [0.25, 0.3) is 5.91 Å². The van der Waals surface area contributed by atoms with E-state index in [-0.39, 0.29) is 17.2 Å². The van der Waals surface area contributed by atoms with Crippen LogP contribution in [-0.2, 0) is 9.59 Å². The molecule has 0 aliphatic carbocycles. The number of carbonyl (C=O) groups excluding carboxylic acids is 2. The van der Waals surface area contributed by atoms with E-state index in [0.717, 1.165) is 13.0 Å². The van der Waals surface area contributed by atoms with Crippen LogP contribution in [-0.4, -0.2) is 36.3 Å². The number of hydrogen-bond acceptors (Lipinski definition) is 4. The zero-order valence-electron chi connectivity index (χ0n) is 13.2. The Labute approximate surface area is 139 Å². The molecule has 1 heterocycles. The summed E-state index contributed by atoms with van der Waals surface area (Å²) in [6.45, 7) is 1.72. The lowest BCUT2D eigenvalue weighted by Gasteiger charge is -2.15. The van der Waals surface area contributed by atoms with Gasteiger partial charge in [-0.15, -0.1) is 0 Å². The van der Waals surface area contributed by atoms with Gasteiger partial charge in [-0.1, -0.05) is 12.1 Å². The van der Waals surface area contributed by atoms with E-state index < -0.39 is 11.7 Å². The van der Waals surface area contributed by atoms with Crippen molar-refractivity contribution >= 4 is 17.5 Å². The second-order valence-corrected chi connectivity index (χ2v) is 5.39. The van der Waals surface area contributed by atoms with Crippen LogP contribution in [0, 0.1) is 17.1 Å². The van der Waals surface area contributed by atoms with Gasteiger partial charge in [0.1, 0.15) is 17.5 Å². The SMILES string of the molecule is N#C/C(=C/Nc1ccccc1F)C(=O)NCCCN1CCCC1=O. The van der Waals surface area contributed by atoms with Crippen molar-refractivity contribution in [2.24, 2.45) is 0 Å². The number of anilines is 1. The first-order valence-corrected chi connectivity index (χ1v) is 7.79. The summed E-state index contributed by atoms with van der Waals surface area (Å²) >= 11 is 0. The highest BCUT2D eigenvalue weighted by Crippen LogP contribution is 2.13. The summed E-state index contributed by atoms with van der Waals surface area (Å²) in [5.41, 5.74) is 0.0427. The maximum atomic E-state index is 13.5. The van der Waals surface area contributed by atoms with Crippen LogP contribution in [0.15, 0.2) is 36.0 Å². The van der Waals surface area contributed by atoms with Crippen LogP contribution in [0.2, 0.25) is 0 Å². The molecule has 1 aromatic carbocycles. The molecule has 1 aliphatic rings. The van der Waals surface area contributed by atoms with Crippen molar-refractivity contribution in [1.82, 2.24) is 10.2 Å². The lowest BCUT2D eigenvalue weighted by atomic mass is 10.2. The zero-order valence-corrected chi connectivity index (χ0v) is 13.2. The first kappa shape index (κ1) is 17.5. The summed E-state index contributed by atoms with van der Waals surface area (Å²) in [4.78, 5) is 25.1. The fourth-order valence-corrected chi connectivity index (χ4v) is 2.38.